The molecule has 136 valence electrons. The molecule has 0 aliphatic heterocycles. The molecule has 26 heavy (non-hydrogen) atoms. The molecule has 5 heteroatoms. The maximum absolute atomic E-state index is 12.6. The Morgan fingerprint density at radius 3 is 2.62 bits per heavy atom. The first-order chi connectivity index (χ1) is 12.5. The van der Waals surface area contributed by atoms with Gasteiger partial charge < -0.3 is 10.1 Å². The Labute approximate surface area is 157 Å². The second-order valence-electron chi connectivity index (χ2n) is 6.60. The van der Waals surface area contributed by atoms with Crippen molar-refractivity contribution in [3.63, 3.8) is 0 Å². The van der Waals surface area contributed by atoms with Crippen molar-refractivity contribution in [1.82, 2.24) is 0 Å². The summed E-state index contributed by atoms with van der Waals surface area (Å²) in [6, 6.07) is 9.63. The molecule has 0 atom stereocenters. The van der Waals surface area contributed by atoms with Crippen LogP contribution in [0.15, 0.2) is 36.4 Å². The van der Waals surface area contributed by atoms with Crippen LogP contribution in [0.1, 0.15) is 53.1 Å². The highest BCUT2D eigenvalue weighted by Crippen LogP contribution is 2.38. The third-order valence-corrected chi connectivity index (χ3v) is 5.39. The molecule has 2 aromatic rings. The lowest BCUT2D eigenvalue weighted by Crippen LogP contribution is -2.17. The predicted molar refractivity (Wildman–Crippen MR) is 106 cm³/mol. The number of benzene rings is 1. The predicted octanol–water partition coefficient (Wildman–Crippen LogP) is 4.84. The topological polar surface area (TPSA) is 55.4 Å². The van der Waals surface area contributed by atoms with Crippen LogP contribution >= 0.6 is 11.3 Å². The number of carbonyl (C=O) groups is 2. The fraction of sp³-hybridized carbons (Fsp3) is 0.333. The Bertz CT molecular complexity index is 821. The van der Waals surface area contributed by atoms with Gasteiger partial charge in [-0.05, 0) is 56.7 Å². The first kappa shape index (κ1) is 18.4. The summed E-state index contributed by atoms with van der Waals surface area (Å²) in [5.41, 5.74) is 2.54. The summed E-state index contributed by atoms with van der Waals surface area (Å²) >= 11 is 1.50. The first-order valence-corrected chi connectivity index (χ1v) is 9.76. The maximum atomic E-state index is 12.6. The molecule has 0 fully saturated rings. The Hall–Kier alpha value is -2.40. The molecule has 1 aromatic carbocycles. The molecule has 1 aliphatic rings. The van der Waals surface area contributed by atoms with E-state index < -0.39 is 0 Å². The van der Waals surface area contributed by atoms with Crippen molar-refractivity contribution in [3.8, 4) is 0 Å². The van der Waals surface area contributed by atoms with E-state index in [0.717, 1.165) is 36.8 Å². The van der Waals surface area contributed by atoms with Crippen LogP contribution in [-0.4, -0.2) is 18.0 Å². The Morgan fingerprint density at radius 2 is 1.88 bits per heavy atom. The highest BCUT2D eigenvalue weighted by atomic mass is 32.1. The largest absolute Gasteiger partial charge is 0.459 e. The van der Waals surface area contributed by atoms with Gasteiger partial charge in [0, 0.05) is 11.0 Å². The Balaban J connectivity index is 1.82. The summed E-state index contributed by atoms with van der Waals surface area (Å²) in [5, 5.41) is 3.49. The lowest BCUT2D eigenvalue weighted by atomic mass is 9.95. The SMILES string of the molecule is CC(C)OC(=O)c1c(NC(=O)C=Cc2ccccc2)sc2c1CCCC2. The number of anilines is 1. The Kier molecular flexibility index (Phi) is 5.89. The van der Waals surface area contributed by atoms with E-state index in [9.17, 15) is 9.59 Å². The van der Waals surface area contributed by atoms with Crippen LogP contribution in [-0.2, 0) is 22.4 Å². The van der Waals surface area contributed by atoms with Crippen LogP contribution in [0.5, 0.6) is 0 Å². The highest BCUT2D eigenvalue weighted by Gasteiger charge is 2.27. The van der Waals surface area contributed by atoms with Crippen LogP contribution in [0.25, 0.3) is 6.08 Å². The first-order valence-electron chi connectivity index (χ1n) is 8.94. The maximum Gasteiger partial charge on any atom is 0.341 e. The van der Waals surface area contributed by atoms with Gasteiger partial charge >= 0.3 is 5.97 Å². The minimum absolute atomic E-state index is 0.192. The number of fused-ring (bicyclic) bond motifs is 1. The van der Waals surface area contributed by atoms with Gasteiger partial charge in [-0.25, -0.2) is 4.79 Å². The lowest BCUT2D eigenvalue weighted by molar-refractivity contribution is -0.111. The minimum Gasteiger partial charge on any atom is -0.459 e. The van der Waals surface area contributed by atoms with Gasteiger partial charge in [-0.3, -0.25) is 4.79 Å². The summed E-state index contributed by atoms with van der Waals surface area (Å²) < 4.78 is 5.41. The molecule has 1 aromatic heterocycles. The summed E-state index contributed by atoms with van der Waals surface area (Å²) in [6.07, 6.45) is 7.06. The zero-order chi connectivity index (χ0) is 18.5. The summed E-state index contributed by atoms with van der Waals surface area (Å²) in [4.78, 5) is 26.1. The summed E-state index contributed by atoms with van der Waals surface area (Å²) in [5.74, 6) is -0.590. The van der Waals surface area contributed by atoms with Crippen LogP contribution in [0.2, 0.25) is 0 Å². The van der Waals surface area contributed by atoms with E-state index in [4.69, 9.17) is 4.74 Å². The molecule has 1 heterocycles. The van der Waals surface area contributed by atoms with E-state index in [1.807, 2.05) is 44.2 Å². The monoisotopic (exact) mass is 369 g/mol. The number of hydrogen-bond donors (Lipinski definition) is 1. The Morgan fingerprint density at radius 1 is 1.15 bits per heavy atom. The average molecular weight is 369 g/mol. The summed E-state index contributed by atoms with van der Waals surface area (Å²) in [6.45, 7) is 3.66. The van der Waals surface area contributed by atoms with Crippen molar-refractivity contribution in [1.29, 1.82) is 0 Å². The number of esters is 1. The van der Waals surface area contributed by atoms with Crippen LogP contribution in [0, 0.1) is 0 Å². The molecule has 1 N–H and O–H groups in total. The fourth-order valence-electron chi connectivity index (χ4n) is 3.03. The second kappa shape index (κ2) is 8.32. The molecule has 4 nitrogen and oxygen atoms in total. The normalized spacial score (nSPS) is 13.7. The zero-order valence-electron chi connectivity index (χ0n) is 15.1. The summed E-state index contributed by atoms with van der Waals surface area (Å²) in [7, 11) is 0. The molecule has 1 amide bonds. The third kappa shape index (κ3) is 4.41. The number of thiophene rings is 1. The number of ether oxygens (including phenoxy) is 1. The quantitative estimate of drug-likeness (QED) is 0.606. The number of rotatable bonds is 5. The van der Waals surface area contributed by atoms with Gasteiger partial charge in [-0.1, -0.05) is 30.3 Å². The van der Waals surface area contributed by atoms with Crippen LogP contribution < -0.4 is 5.32 Å². The van der Waals surface area contributed by atoms with Gasteiger partial charge in [0.05, 0.1) is 11.7 Å². The third-order valence-electron chi connectivity index (χ3n) is 4.18. The fourth-order valence-corrected chi connectivity index (χ4v) is 4.31. The second-order valence-corrected chi connectivity index (χ2v) is 7.71. The molecule has 0 unspecified atom stereocenters. The zero-order valence-corrected chi connectivity index (χ0v) is 15.9. The molecular weight excluding hydrogens is 346 g/mol. The van der Waals surface area contributed by atoms with E-state index >= 15 is 0 Å². The van der Waals surface area contributed by atoms with Gasteiger partial charge in [-0.15, -0.1) is 11.3 Å². The molecule has 0 saturated heterocycles. The van der Waals surface area contributed by atoms with Crippen molar-refractivity contribution in [2.24, 2.45) is 0 Å². The number of nitrogens with one attached hydrogen (secondary N) is 1. The molecule has 1 aliphatic carbocycles. The van der Waals surface area contributed by atoms with E-state index in [2.05, 4.69) is 5.32 Å². The van der Waals surface area contributed by atoms with E-state index in [0.29, 0.717) is 10.6 Å². The minimum atomic E-state index is -0.346. The standard InChI is InChI=1S/C21H23NO3S/c1-14(2)25-21(24)19-16-10-6-7-11-17(16)26-20(19)22-18(23)13-12-15-8-4-3-5-9-15/h3-5,8-9,12-14H,6-7,10-11H2,1-2H3,(H,22,23). The van der Waals surface area contributed by atoms with E-state index in [1.165, 1.54) is 22.3 Å². The average Bonchev–Trinajstić information content (AvgIpc) is 2.98. The van der Waals surface area contributed by atoms with Crippen molar-refractivity contribution in [3.05, 3.63) is 58.0 Å². The number of amides is 1. The molecular formula is C21H23NO3S. The van der Waals surface area contributed by atoms with Gasteiger partial charge in [-0.2, -0.15) is 0 Å². The molecule has 0 bridgehead atoms. The molecule has 0 spiro atoms. The van der Waals surface area contributed by atoms with Crippen molar-refractivity contribution >= 4 is 34.3 Å². The highest BCUT2D eigenvalue weighted by molar-refractivity contribution is 7.17. The number of hydrogen-bond acceptors (Lipinski definition) is 4. The van der Waals surface area contributed by atoms with E-state index in [-0.39, 0.29) is 18.0 Å². The van der Waals surface area contributed by atoms with Crippen molar-refractivity contribution in [2.75, 3.05) is 5.32 Å². The smallest absolute Gasteiger partial charge is 0.341 e. The van der Waals surface area contributed by atoms with Gasteiger partial charge in [0.15, 0.2) is 0 Å². The molecule has 0 radical (unpaired) electrons. The van der Waals surface area contributed by atoms with E-state index in [1.54, 1.807) is 6.08 Å². The van der Waals surface area contributed by atoms with Gasteiger partial charge in [0.1, 0.15) is 5.00 Å². The van der Waals surface area contributed by atoms with Crippen LogP contribution in [0.4, 0.5) is 5.00 Å². The van der Waals surface area contributed by atoms with Crippen molar-refractivity contribution < 1.29 is 14.3 Å². The van der Waals surface area contributed by atoms with Crippen molar-refractivity contribution in [2.45, 2.75) is 45.6 Å². The van der Waals surface area contributed by atoms with Gasteiger partial charge in [0.25, 0.3) is 0 Å². The van der Waals surface area contributed by atoms with Crippen LogP contribution in [0.3, 0.4) is 0 Å². The lowest BCUT2D eigenvalue weighted by Gasteiger charge is -2.14. The number of aryl methyl sites for hydroxylation is 1. The van der Waals surface area contributed by atoms with Gasteiger partial charge in [0.2, 0.25) is 5.91 Å². The molecule has 3 rings (SSSR count). The molecule has 0 saturated carbocycles. The number of carbonyl (C=O) groups excluding carboxylic acids is 2.